The summed E-state index contributed by atoms with van der Waals surface area (Å²) < 4.78 is 24.7. The van der Waals surface area contributed by atoms with Crippen LogP contribution in [0.4, 0.5) is 10.6 Å². The third-order valence-corrected chi connectivity index (χ3v) is 5.53. The summed E-state index contributed by atoms with van der Waals surface area (Å²) in [5.41, 5.74) is -0.500. The van der Waals surface area contributed by atoms with E-state index in [1.807, 2.05) is 45.0 Å². The van der Waals surface area contributed by atoms with E-state index in [4.69, 9.17) is 18.9 Å². The molecule has 3 heterocycles. The molecule has 1 fully saturated rings. The lowest BCUT2D eigenvalue weighted by atomic mass is 10.1. The number of nitro groups is 1. The summed E-state index contributed by atoms with van der Waals surface area (Å²) in [4.78, 5) is 28.1. The predicted molar refractivity (Wildman–Crippen MR) is 121 cm³/mol. The summed E-state index contributed by atoms with van der Waals surface area (Å²) in [6.07, 6.45) is 3.05. The Hall–Kier alpha value is -3.50. The Kier molecular flexibility index (Phi) is 6.80. The zero-order chi connectivity index (χ0) is 24.3. The van der Waals surface area contributed by atoms with Crippen molar-refractivity contribution in [2.24, 2.45) is 0 Å². The molecule has 1 amide bonds. The van der Waals surface area contributed by atoms with Crippen molar-refractivity contribution >= 4 is 11.9 Å². The number of amides is 1. The van der Waals surface area contributed by atoms with Gasteiger partial charge in [-0.2, -0.15) is 0 Å². The van der Waals surface area contributed by atoms with Crippen LogP contribution in [0.1, 0.15) is 40.0 Å². The third-order valence-electron chi connectivity index (χ3n) is 5.53. The Bertz CT molecular complexity index is 1010. The quantitative estimate of drug-likeness (QED) is 0.458. The topological polar surface area (TPSA) is 118 Å². The molecule has 0 bridgehead atoms. The second-order valence-corrected chi connectivity index (χ2v) is 9.43. The molecule has 0 N–H and O–H groups in total. The highest BCUT2D eigenvalue weighted by Crippen LogP contribution is 2.26. The number of ether oxygens (including phenoxy) is 4. The maximum Gasteiger partial charge on any atom is 0.414 e. The smallest absolute Gasteiger partial charge is 0.414 e. The summed E-state index contributed by atoms with van der Waals surface area (Å²) >= 11 is 0. The number of carbonyl (C=O) groups excluding carboxylic acids is 1. The maximum atomic E-state index is 12.2. The molecule has 184 valence electrons. The molecule has 2 aromatic rings. The highest BCUT2D eigenvalue weighted by atomic mass is 16.6. The van der Waals surface area contributed by atoms with Crippen molar-refractivity contribution in [1.29, 1.82) is 0 Å². The van der Waals surface area contributed by atoms with Gasteiger partial charge >= 0.3 is 17.9 Å². The molecule has 1 saturated heterocycles. The average molecular weight is 475 g/mol. The van der Waals surface area contributed by atoms with E-state index in [1.165, 1.54) is 6.20 Å². The highest BCUT2D eigenvalue weighted by Gasteiger charge is 2.29. The minimum absolute atomic E-state index is 0.0360. The van der Waals surface area contributed by atoms with Crippen LogP contribution in [0.3, 0.4) is 0 Å². The molecule has 0 saturated carbocycles. The molecule has 2 aliphatic rings. The molecule has 4 rings (SSSR count). The Morgan fingerprint density at radius 2 is 1.82 bits per heavy atom. The summed E-state index contributed by atoms with van der Waals surface area (Å²) in [7, 11) is 0. The van der Waals surface area contributed by atoms with Crippen LogP contribution in [-0.2, 0) is 11.3 Å². The molecule has 11 nitrogen and oxygen atoms in total. The van der Waals surface area contributed by atoms with Gasteiger partial charge in [0.05, 0.1) is 0 Å². The van der Waals surface area contributed by atoms with Crippen LogP contribution in [-0.4, -0.2) is 63.0 Å². The molecule has 1 atom stereocenters. The van der Waals surface area contributed by atoms with Crippen molar-refractivity contribution in [3.8, 4) is 17.5 Å². The van der Waals surface area contributed by atoms with Crippen molar-refractivity contribution in [2.75, 3.05) is 19.7 Å². The molecule has 1 aromatic carbocycles. The van der Waals surface area contributed by atoms with Crippen LogP contribution in [0.25, 0.3) is 0 Å². The van der Waals surface area contributed by atoms with Crippen LogP contribution < -0.4 is 14.2 Å². The normalized spacial score (nSPS) is 18.6. The number of aromatic nitrogens is 2. The minimum atomic E-state index is -0.534. The lowest BCUT2D eigenvalue weighted by Gasteiger charge is -2.33. The molecule has 1 unspecified atom stereocenters. The number of benzene rings is 1. The first-order valence-corrected chi connectivity index (χ1v) is 11.4. The zero-order valence-corrected chi connectivity index (χ0v) is 19.6. The molecule has 2 aliphatic heterocycles. The molecular weight excluding hydrogens is 444 g/mol. The van der Waals surface area contributed by atoms with Crippen LogP contribution in [0, 0.1) is 10.1 Å². The Labute approximate surface area is 197 Å². The summed E-state index contributed by atoms with van der Waals surface area (Å²) in [5.74, 6) is 1.20. The second-order valence-electron chi connectivity index (χ2n) is 9.43. The number of fused-ring (bicyclic) bond motifs is 1. The number of carbonyl (C=O) groups is 1. The van der Waals surface area contributed by atoms with E-state index in [0.29, 0.717) is 38.4 Å². The van der Waals surface area contributed by atoms with Crippen LogP contribution in [0.5, 0.6) is 17.5 Å². The SMILES string of the molecule is CC(C)(C)OC(=O)N1CCC(Oc2ccc(OCC3CCn4cc([N+](=O)[O-])nc4O3)cc2)CC1. The first-order valence-electron chi connectivity index (χ1n) is 11.4. The largest absolute Gasteiger partial charge is 0.490 e. The standard InChI is InChI=1S/C23H30N4O7/c1-23(2,3)34-22(28)25-11-8-18(9-12-25)32-17-6-4-16(5-7-17)31-15-19-10-13-26-14-20(27(29)30)24-21(26)33-19/h4-7,14,18-19H,8-13,15H2,1-3H3. The van der Waals surface area contributed by atoms with Crippen LogP contribution in [0.15, 0.2) is 30.5 Å². The lowest BCUT2D eigenvalue weighted by Crippen LogP contribution is -2.44. The van der Waals surface area contributed by atoms with Crippen molar-refractivity contribution < 1.29 is 28.7 Å². The average Bonchev–Trinajstić information content (AvgIpc) is 3.22. The lowest BCUT2D eigenvalue weighted by molar-refractivity contribution is -0.389. The third kappa shape index (κ3) is 6.09. The Morgan fingerprint density at radius 3 is 2.47 bits per heavy atom. The highest BCUT2D eigenvalue weighted by molar-refractivity contribution is 5.68. The van der Waals surface area contributed by atoms with E-state index < -0.39 is 10.5 Å². The number of piperidine rings is 1. The van der Waals surface area contributed by atoms with Gasteiger partial charge in [0.25, 0.3) is 0 Å². The van der Waals surface area contributed by atoms with Gasteiger partial charge in [-0.25, -0.2) is 4.79 Å². The van der Waals surface area contributed by atoms with Crippen LogP contribution >= 0.6 is 0 Å². The summed E-state index contributed by atoms with van der Waals surface area (Å²) in [6, 6.07) is 7.62. The second kappa shape index (κ2) is 9.78. The van der Waals surface area contributed by atoms with Crippen molar-refractivity contribution in [2.45, 2.75) is 64.4 Å². The minimum Gasteiger partial charge on any atom is -0.490 e. The number of aryl methyl sites for hydroxylation is 1. The number of rotatable bonds is 6. The molecule has 34 heavy (non-hydrogen) atoms. The Balaban J connectivity index is 1.20. The predicted octanol–water partition coefficient (Wildman–Crippen LogP) is 3.80. The molecule has 0 spiro atoms. The molecule has 0 aliphatic carbocycles. The fourth-order valence-electron chi connectivity index (χ4n) is 3.82. The van der Waals surface area contributed by atoms with Gasteiger partial charge in [0, 0.05) is 43.9 Å². The first kappa shape index (κ1) is 23.7. The van der Waals surface area contributed by atoms with Gasteiger partial charge in [0.1, 0.15) is 42.1 Å². The molecule has 11 heteroatoms. The van der Waals surface area contributed by atoms with Gasteiger partial charge in [0.2, 0.25) is 0 Å². The Morgan fingerprint density at radius 1 is 1.15 bits per heavy atom. The van der Waals surface area contributed by atoms with Gasteiger partial charge < -0.3 is 34.0 Å². The van der Waals surface area contributed by atoms with E-state index >= 15 is 0 Å². The van der Waals surface area contributed by atoms with Crippen molar-refractivity contribution in [3.63, 3.8) is 0 Å². The van der Waals surface area contributed by atoms with Crippen molar-refractivity contribution in [1.82, 2.24) is 14.5 Å². The van der Waals surface area contributed by atoms with Crippen LogP contribution in [0.2, 0.25) is 0 Å². The molecular formula is C23H30N4O7. The number of likely N-dealkylation sites (tertiary alicyclic amines) is 1. The van der Waals surface area contributed by atoms with Crippen molar-refractivity contribution in [3.05, 3.63) is 40.6 Å². The van der Waals surface area contributed by atoms with Gasteiger partial charge in [-0.3, -0.25) is 4.57 Å². The van der Waals surface area contributed by atoms with Gasteiger partial charge in [0.15, 0.2) is 0 Å². The molecule has 1 aromatic heterocycles. The van der Waals surface area contributed by atoms with E-state index in [-0.39, 0.29) is 30.1 Å². The monoisotopic (exact) mass is 474 g/mol. The zero-order valence-electron chi connectivity index (χ0n) is 19.6. The van der Waals surface area contributed by atoms with Gasteiger partial charge in [-0.05, 0) is 50.0 Å². The molecule has 0 radical (unpaired) electrons. The van der Waals surface area contributed by atoms with E-state index in [1.54, 1.807) is 9.47 Å². The summed E-state index contributed by atoms with van der Waals surface area (Å²) in [6.45, 7) is 7.68. The fraction of sp³-hybridized carbons (Fsp3) is 0.565. The number of hydrogen-bond acceptors (Lipinski definition) is 8. The van der Waals surface area contributed by atoms with Gasteiger partial charge in [-0.1, -0.05) is 0 Å². The maximum absolute atomic E-state index is 12.2. The fourth-order valence-corrected chi connectivity index (χ4v) is 3.82. The summed E-state index contributed by atoms with van der Waals surface area (Å²) in [5, 5.41) is 10.9. The number of hydrogen-bond donors (Lipinski definition) is 0. The number of nitrogens with zero attached hydrogens (tertiary/aromatic N) is 4. The van der Waals surface area contributed by atoms with E-state index in [9.17, 15) is 14.9 Å². The first-order chi connectivity index (χ1) is 16.2. The number of imidazole rings is 1. The van der Waals surface area contributed by atoms with E-state index in [2.05, 4.69) is 4.98 Å². The van der Waals surface area contributed by atoms with Gasteiger partial charge in [-0.15, -0.1) is 0 Å². The van der Waals surface area contributed by atoms with E-state index in [0.717, 1.165) is 18.6 Å².